The Bertz CT molecular complexity index is 1230. The number of fused-ring (bicyclic) bond motifs is 2. The zero-order valence-corrected chi connectivity index (χ0v) is 18.1. The highest BCUT2D eigenvalue weighted by Gasteiger charge is 2.24. The molecule has 1 fully saturated rings. The van der Waals surface area contributed by atoms with E-state index in [2.05, 4.69) is 24.8 Å². The average molecular weight is 419 g/mol. The van der Waals surface area contributed by atoms with E-state index in [9.17, 15) is 0 Å². The summed E-state index contributed by atoms with van der Waals surface area (Å²) in [5.74, 6) is 2.08. The molecule has 2 aromatic carbocycles. The first kappa shape index (κ1) is 19.6. The van der Waals surface area contributed by atoms with Crippen LogP contribution in [0, 0.1) is 0 Å². The van der Waals surface area contributed by atoms with Crippen LogP contribution in [0.25, 0.3) is 32.7 Å². The molecule has 0 radical (unpaired) electrons. The lowest BCUT2D eigenvalue weighted by atomic mass is 9.95. The molecule has 2 aromatic heterocycles. The summed E-state index contributed by atoms with van der Waals surface area (Å²) in [6, 6.07) is 6.07. The maximum absolute atomic E-state index is 5.83. The fourth-order valence-electron chi connectivity index (χ4n) is 4.43. The molecular weight excluding hydrogens is 394 g/mol. The van der Waals surface area contributed by atoms with Gasteiger partial charge >= 0.3 is 0 Å². The van der Waals surface area contributed by atoms with Crippen molar-refractivity contribution in [2.45, 2.75) is 26.1 Å². The van der Waals surface area contributed by atoms with Crippen LogP contribution in [0.1, 0.15) is 13.8 Å². The summed E-state index contributed by atoms with van der Waals surface area (Å²) in [6.07, 6.45) is 7.58. The molecule has 0 amide bonds. The van der Waals surface area contributed by atoms with Gasteiger partial charge in [-0.15, -0.1) is 0 Å². The lowest BCUT2D eigenvalue weighted by Gasteiger charge is -2.35. The number of anilines is 1. The number of rotatable bonds is 4. The van der Waals surface area contributed by atoms with Crippen molar-refractivity contribution in [2.75, 3.05) is 32.2 Å². The summed E-state index contributed by atoms with van der Waals surface area (Å²) < 4.78 is 22.4. The van der Waals surface area contributed by atoms with Gasteiger partial charge in [0.15, 0.2) is 11.5 Å². The van der Waals surface area contributed by atoms with Crippen molar-refractivity contribution < 1.29 is 18.6 Å². The molecule has 0 saturated carbocycles. The van der Waals surface area contributed by atoms with Crippen molar-refractivity contribution in [3.63, 3.8) is 0 Å². The highest BCUT2D eigenvalue weighted by atomic mass is 16.5. The van der Waals surface area contributed by atoms with Gasteiger partial charge in [0.2, 0.25) is 5.95 Å². The molecule has 31 heavy (non-hydrogen) atoms. The molecule has 5 rings (SSSR count). The second-order valence-corrected chi connectivity index (χ2v) is 7.99. The van der Waals surface area contributed by atoms with E-state index in [0.29, 0.717) is 17.4 Å². The van der Waals surface area contributed by atoms with E-state index in [0.717, 1.165) is 45.8 Å². The van der Waals surface area contributed by atoms with Crippen molar-refractivity contribution >= 4 is 27.5 Å². The first-order valence-electron chi connectivity index (χ1n) is 10.3. The number of ether oxygens (including phenoxy) is 3. The number of benzene rings is 2. The molecule has 7 nitrogen and oxygen atoms in total. The molecule has 2 atom stereocenters. The van der Waals surface area contributed by atoms with E-state index in [1.165, 1.54) is 0 Å². The number of nitrogens with zero attached hydrogens (tertiary/aromatic N) is 3. The number of aromatic nitrogens is 2. The van der Waals surface area contributed by atoms with E-state index >= 15 is 0 Å². The molecule has 160 valence electrons. The third-order valence-corrected chi connectivity index (χ3v) is 5.73. The maximum atomic E-state index is 5.83. The van der Waals surface area contributed by atoms with Crippen molar-refractivity contribution in [1.29, 1.82) is 0 Å². The van der Waals surface area contributed by atoms with Crippen LogP contribution < -0.4 is 14.4 Å². The third-order valence-electron chi connectivity index (χ3n) is 5.73. The molecule has 0 unspecified atom stereocenters. The third kappa shape index (κ3) is 3.45. The summed E-state index contributed by atoms with van der Waals surface area (Å²) >= 11 is 0. The highest BCUT2D eigenvalue weighted by Crippen LogP contribution is 2.41. The molecule has 7 heteroatoms. The minimum absolute atomic E-state index is 0.151. The predicted molar refractivity (Wildman–Crippen MR) is 120 cm³/mol. The summed E-state index contributed by atoms with van der Waals surface area (Å²) in [5.41, 5.74) is 1.93. The van der Waals surface area contributed by atoms with E-state index in [1.807, 2.05) is 24.5 Å². The van der Waals surface area contributed by atoms with Crippen LogP contribution in [0.2, 0.25) is 0 Å². The van der Waals surface area contributed by atoms with Crippen LogP contribution in [0.5, 0.6) is 11.5 Å². The zero-order valence-electron chi connectivity index (χ0n) is 18.1. The van der Waals surface area contributed by atoms with E-state index < -0.39 is 0 Å². The number of furan rings is 1. The zero-order chi connectivity index (χ0) is 21.5. The molecular formula is C24H25N3O4. The van der Waals surface area contributed by atoms with Crippen molar-refractivity contribution in [3.05, 3.63) is 43.1 Å². The van der Waals surface area contributed by atoms with Gasteiger partial charge in [-0.1, -0.05) is 0 Å². The maximum Gasteiger partial charge on any atom is 0.225 e. The minimum Gasteiger partial charge on any atom is -0.493 e. The predicted octanol–water partition coefficient (Wildman–Crippen LogP) is 4.67. The van der Waals surface area contributed by atoms with Crippen LogP contribution >= 0.6 is 0 Å². The van der Waals surface area contributed by atoms with Crippen LogP contribution in [-0.4, -0.2) is 49.5 Å². The normalized spacial score (nSPS) is 19.2. The lowest BCUT2D eigenvalue weighted by Crippen LogP contribution is -2.46. The van der Waals surface area contributed by atoms with Gasteiger partial charge in [-0.3, -0.25) is 0 Å². The first-order chi connectivity index (χ1) is 15.1. The summed E-state index contributed by atoms with van der Waals surface area (Å²) in [7, 11) is 3.28. The fraction of sp³-hybridized carbons (Fsp3) is 0.333. The highest BCUT2D eigenvalue weighted by molar-refractivity contribution is 6.12. The molecule has 0 aliphatic carbocycles. The van der Waals surface area contributed by atoms with Gasteiger partial charge in [-0.2, -0.15) is 0 Å². The lowest BCUT2D eigenvalue weighted by molar-refractivity contribution is -0.00571. The SMILES string of the molecule is COc1cc2cc3cocc3c(-c3cnc(N4C[C@H](C)O[C@@H](C)C4)nc3)c2cc1OC. The second-order valence-electron chi connectivity index (χ2n) is 7.99. The average Bonchev–Trinajstić information content (AvgIpc) is 3.24. The fourth-order valence-corrected chi connectivity index (χ4v) is 4.43. The topological polar surface area (TPSA) is 69.9 Å². The Kier molecular flexibility index (Phi) is 4.90. The quantitative estimate of drug-likeness (QED) is 0.476. The largest absolute Gasteiger partial charge is 0.493 e. The van der Waals surface area contributed by atoms with Crippen LogP contribution in [0.4, 0.5) is 5.95 Å². The smallest absolute Gasteiger partial charge is 0.225 e. The monoisotopic (exact) mass is 419 g/mol. The number of hydrogen-bond donors (Lipinski definition) is 0. The summed E-state index contributed by atoms with van der Waals surface area (Å²) in [5, 5.41) is 4.07. The van der Waals surface area contributed by atoms with Crippen molar-refractivity contribution in [2.24, 2.45) is 0 Å². The summed E-state index contributed by atoms with van der Waals surface area (Å²) in [4.78, 5) is 11.6. The molecule has 1 saturated heterocycles. The summed E-state index contributed by atoms with van der Waals surface area (Å²) in [6.45, 7) is 5.71. The van der Waals surface area contributed by atoms with Gasteiger partial charge in [0.05, 0.1) is 39.0 Å². The molecule has 0 spiro atoms. The Balaban J connectivity index is 1.64. The first-order valence-corrected chi connectivity index (χ1v) is 10.3. The Hall–Kier alpha value is -3.32. The van der Waals surface area contributed by atoms with Crippen LogP contribution in [0.3, 0.4) is 0 Å². The molecule has 4 aromatic rings. The molecule has 3 heterocycles. The number of hydrogen-bond acceptors (Lipinski definition) is 7. The Labute approximate surface area is 180 Å². The Morgan fingerprint density at radius 2 is 1.55 bits per heavy atom. The van der Waals surface area contributed by atoms with Crippen LogP contribution in [0.15, 0.2) is 47.5 Å². The standard InChI is InChI=1S/C24H25N3O4/c1-14-10-27(11-15(2)31-14)24-25-8-18(9-26-24)23-19-7-22(29-4)21(28-3)6-16(19)5-17-12-30-13-20(17)23/h5-9,12-15H,10-11H2,1-4H3/t14-,15-/m0/s1. The molecule has 0 bridgehead atoms. The molecule has 1 aliphatic heterocycles. The number of morpholine rings is 1. The van der Waals surface area contributed by atoms with Gasteiger partial charge in [0.25, 0.3) is 0 Å². The molecule has 1 aliphatic rings. The Morgan fingerprint density at radius 3 is 2.23 bits per heavy atom. The van der Waals surface area contributed by atoms with Gasteiger partial charge in [0, 0.05) is 47.4 Å². The number of methoxy groups -OCH3 is 2. The minimum atomic E-state index is 0.151. The Morgan fingerprint density at radius 1 is 0.871 bits per heavy atom. The van der Waals surface area contributed by atoms with Crippen molar-refractivity contribution in [1.82, 2.24) is 9.97 Å². The van der Waals surface area contributed by atoms with Gasteiger partial charge in [-0.25, -0.2) is 9.97 Å². The van der Waals surface area contributed by atoms with Gasteiger partial charge in [-0.05, 0) is 42.8 Å². The molecule has 0 N–H and O–H groups in total. The van der Waals surface area contributed by atoms with E-state index in [1.54, 1.807) is 26.7 Å². The van der Waals surface area contributed by atoms with E-state index in [4.69, 9.17) is 28.6 Å². The second kappa shape index (κ2) is 7.74. The van der Waals surface area contributed by atoms with Gasteiger partial charge in [0.1, 0.15) is 0 Å². The van der Waals surface area contributed by atoms with Crippen molar-refractivity contribution in [3.8, 4) is 22.6 Å². The van der Waals surface area contributed by atoms with Gasteiger partial charge < -0.3 is 23.5 Å². The van der Waals surface area contributed by atoms with Crippen LogP contribution in [-0.2, 0) is 4.74 Å². The van der Waals surface area contributed by atoms with E-state index in [-0.39, 0.29) is 12.2 Å².